The zero-order valence-electron chi connectivity index (χ0n) is 11.1. The minimum atomic E-state index is 0. The van der Waals surface area contributed by atoms with Crippen molar-refractivity contribution in [3.05, 3.63) is 11.7 Å². The Morgan fingerprint density at radius 1 is 1.50 bits per heavy atom. The highest BCUT2D eigenvalue weighted by atomic mass is 35.5. The van der Waals surface area contributed by atoms with Crippen LogP contribution in [0.15, 0.2) is 4.52 Å². The molecule has 0 aromatic carbocycles. The molecule has 1 saturated heterocycles. The van der Waals surface area contributed by atoms with Crippen molar-refractivity contribution in [3.63, 3.8) is 0 Å². The molecule has 2 heterocycles. The first-order valence-electron chi connectivity index (χ1n) is 6.41. The van der Waals surface area contributed by atoms with E-state index in [1.807, 2.05) is 0 Å². The average Bonchev–Trinajstić information content (AvgIpc) is 2.88. The van der Waals surface area contributed by atoms with Crippen LogP contribution in [0.25, 0.3) is 0 Å². The Labute approximate surface area is 115 Å². The summed E-state index contributed by atoms with van der Waals surface area (Å²) >= 11 is 0. The minimum absolute atomic E-state index is 0. The lowest BCUT2D eigenvalue weighted by atomic mass is 9.97. The summed E-state index contributed by atoms with van der Waals surface area (Å²) in [4.78, 5) is 6.63. The molecule has 5 nitrogen and oxygen atoms in total. The molecule has 0 radical (unpaired) electrons. The van der Waals surface area contributed by atoms with Crippen LogP contribution in [0.1, 0.15) is 38.4 Å². The summed E-state index contributed by atoms with van der Waals surface area (Å²) in [5, 5.41) is 3.93. The molecular weight excluding hydrogens is 252 g/mol. The van der Waals surface area contributed by atoms with Gasteiger partial charge in [-0.15, -0.1) is 12.4 Å². The van der Waals surface area contributed by atoms with Crippen molar-refractivity contribution in [2.24, 2.45) is 17.6 Å². The summed E-state index contributed by atoms with van der Waals surface area (Å²) in [7, 11) is 0. The maximum atomic E-state index is 5.44. The standard InChI is InChI=1S/C12H22N4O.ClH/c1-9(2)5-10-3-4-16(7-10)8-11-14-12(6-13)17-15-11;/h9-10H,3-8,13H2,1-2H3;1H. The third kappa shape index (κ3) is 4.23. The van der Waals surface area contributed by atoms with Gasteiger partial charge in [-0.1, -0.05) is 19.0 Å². The fourth-order valence-corrected chi connectivity index (χ4v) is 2.55. The first-order chi connectivity index (χ1) is 8.17. The monoisotopic (exact) mass is 274 g/mol. The third-order valence-corrected chi connectivity index (χ3v) is 3.22. The summed E-state index contributed by atoms with van der Waals surface area (Å²) in [6.45, 7) is 7.99. The van der Waals surface area contributed by atoms with Crippen molar-refractivity contribution >= 4 is 12.4 Å². The molecule has 1 aliphatic heterocycles. The first-order valence-corrected chi connectivity index (χ1v) is 6.41. The molecular formula is C12H23ClN4O. The van der Waals surface area contributed by atoms with Crippen molar-refractivity contribution in [2.45, 2.75) is 39.8 Å². The summed E-state index contributed by atoms with van der Waals surface area (Å²) in [5.41, 5.74) is 5.44. The van der Waals surface area contributed by atoms with Crippen LogP contribution in [-0.2, 0) is 13.1 Å². The maximum absolute atomic E-state index is 5.44. The highest BCUT2D eigenvalue weighted by Gasteiger charge is 2.24. The fraction of sp³-hybridized carbons (Fsp3) is 0.833. The van der Waals surface area contributed by atoms with Crippen LogP contribution < -0.4 is 5.73 Å². The number of rotatable bonds is 5. The van der Waals surface area contributed by atoms with Crippen LogP contribution in [-0.4, -0.2) is 28.1 Å². The Balaban J connectivity index is 0.00000162. The first kappa shape index (κ1) is 15.4. The molecule has 1 atom stereocenters. The van der Waals surface area contributed by atoms with Crippen LogP contribution >= 0.6 is 12.4 Å². The SMILES string of the molecule is CC(C)CC1CCN(Cc2noc(CN)n2)C1.Cl. The largest absolute Gasteiger partial charge is 0.338 e. The predicted octanol–water partition coefficient (Wildman–Crippen LogP) is 1.82. The van der Waals surface area contributed by atoms with E-state index < -0.39 is 0 Å². The summed E-state index contributed by atoms with van der Waals surface area (Å²) in [6.07, 6.45) is 2.61. The predicted molar refractivity (Wildman–Crippen MR) is 72.3 cm³/mol. The van der Waals surface area contributed by atoms with Gasteiger partial charge in [0.15, 0.2) is 5.82 Å². The van der Waals surface area contributed by atoms with Crippen LogP contribution in [0.2, 0.25) is 0 Å². The van der Waals surface area contributed by atoms with E-state index in [1.165, 1.54) is 12.8 Å². The number of nitrogens with two attached hydrogens (primary N) is 1. The van der Waals surface area contributed by atoms with E-state index in [0.29, 0.717) is 12.4 Å². The number of likely N-dealkylation sites (tertiary alicyclic amines) is 1. The Morgan fingerprint density at radius 3 is 2.89 bits per heavy atom. The van der Waals surface area contributed by atoms with Crippen molar-refractivity contribution in [3.8, 4) is 0 Å². The van der Waals surface area contributed by atoms with E-state index >= 15 is 0 Å². The van der Waals surface area contributed by atoms with E-state index in [2.05, 4.69) is 28.9 Å². The molecule has 0 aliphatic carbocycles. The van der Waals surface area contributed by atoms with Crippen LogP contribution in [0.5, 0.6) is 0 Å². The van der Waals surface area contributed by atoms with Crippen molar-refractivity contribution in [1.82, 2.24) is 15.0 Å². The van der Waals surface area contributed by atoms with E-state index in [4.69, 9.17) is 10.3 Å². The lowest BCUT2D eigenvalue weighted by Crippen LogP contribution is -2.21. The summed E-state index contributed by atoms with van der Waals surface area (Å²) in [6, 6.07) is 0. The quantitative estimate of drug-likeness (QED) is 0.887. The van der Waals surface area contributed by atoms with Gasteiger partial charge in [0, 0.05) is 6.54 Å². The van der Waals surface area contributed by atoms with Gasteiger partial charge < -0.3 is 10.3 Å². The highest BCUT2D eigenvalue weighted by molar-refractivity contribution is 5.85. The van der Waals surface area contributed by atoms with Crippen LogP contribution in [0, 0.1) is 11.8 Å². The second-order valence-corrected chi connectivity index (χ2v) is 5.33. The molecule has 0 amide bonds. The maximum Gasteiger partial charge on any atom is 0.240 e. The zero-order valence-corrected chi connectivity index (χ0v) is 11.9. The van der Waals surface area contributed by atoms with E-state index in [1.54, 1.807) is 0 Å². The van der Waals surface area contributed by atoms with Gasteiger partial charge in [-0.2, -0.15) is 4.98 Å². The summed E-state index contributed by atoms with van der Waals surface area (Å²) < 4.78 is 5.00. The third-order valence-electron chi connectivity index (χ3n) is 3.22. The molecule has 1 aromatic heterocycles. The van der Waals surface area contributed by atoms with E-state index in [-0.39, 0.29) is 12.4 Å². The molecule has 0 bridgehead atoms. The molecule has 6 heteroatoms. The van der Waals surface area contributed by atoms with Gasteiger partial charge in [0.25, 0.3) is 0 Å². The van der Waals surface area contributed by atoms with Crippen molar-refractivity contribution in [2.75, 3.05) is 13.1 Å². The van der Waals surface area contributed by atoms with Gasteiger partial charge in [-0.05, 0) is 31.2 Å². The fourth-order valence-electron chi connectivity index (χ4n) is 2.55. The number of hydrogen-bond donors (Lipinski definition) is 1. The molecule has 1 aromatic rings. The van der Waals surface area contributed by atoms with Crippen LogP contribution in [0.3, 0.4) is 0 Å². The Kier molecular flexibility index (Phi) is 6.05. The number of nitrogens with zero attached hydrogens (tertiary/aromatic N) is 3. The number of halogens is 1. The molecule has 1 fully saturated rings. The van der Waals surface area contributed by atoms with Gasteiger partial charge in [-0.3, -0.25) is 4.90 Å². The van der Waals surface area contributed by atoms with Crippen molar-refractivity contribution in [1.29, 1.82) is 0 Å². The molecule has 2 N–H and O–H groups in total. The number of aromatic nitrogens is 2. The molecule has 0 spiro atoms. The lowest BCUT2D eigenvalue weighted by molar-refractivity contribution is 0.290. The van der Waals surface area contributed by atoms with Gasteiger partial charge in [0.2, 0.25) is 5.89 Å². The molecule has 104 valence electrons. The summed E-state index contributed by atoms with van der Waals surface area (Å²) in [5.74, 6) is 2.90. The Hall–Kier alpha value is -0.650. The van der Waals surface area contributed by atoms with Crippen LogP contribution in [0.4, 0.5) is 0 Å². The van der Waals surface area contributed by atoms with Crippen molar-refractivity contribution < 1.29 is 4.52 Å². The molecule has 1 unspecified atom stereocenters. The van der Waals surface area contributed by atoms with Gasteiger partial charge in [-0.25, -0.2) is 0 Å². The second kappa shape index (κ2) is 7.07. The van der Waals surface area contributed by atoms with Gasteiger partial charge >= 0.3 is 0 Å². The highest BCUT2D eigenvalue weighted by Crippen LogP contribution is 2.23. The van der Waals surface area contributed by atoms with Gasteiger partial charge in [0.05, 0.1) is 13.1 Å². The van der Waals surface area contributed by atoms with E-state index in [0.717, 1.165) is 37.3 Å². The molecule has 0 saturated carbocycles. The van der Waals surface area contributed by atoms with Gasteiger partial charge in [0.1, 0.15) is 0 Å². The lowest BCUT2D eigenvalue weighted by Gasteiger charge is -2.14. The normalized spacial score (nSPS) is 20.3. The molecule has 2 rings (SSSR count). The minimum Gasteiger partial charge on any atom is -0.338 e. The van der Waals surface area contributed by atoms with E-state index in [9.17, 15) is 0 Å². The smallest absolute Gasteiger partial charge is 0.240 e. The number of hydrogen-bond acceptors (Lipinski definition) is 5. The zero-order chi connectivity index (χ0) is 12.3. The Bertz CT molecular complexity index is 356. The molecule has 18 heavy (non-hydrogen) atoms. The molecule has 1 aliphatic rings. The topological polar surface area (TPSA) is 68.2 Å². The second-order valence-electron chi connectivity index (χ2n) is 5.33. The Morgan fingerprint density at radius 2 is 2.28 bits per heavy atom. The average molecular weight is 275 g/mol.